The molecular formula is C23H29FN4O3. The van der Waals surface area contributed by atoms with E-state index in [0.717, 1.165) is 18.5 Å². The van der Waals surface area contributed by atoms with Crippen molar-refractivity contribution in [2.24, 2.45) is 5.92 Å². The SMILES string of the molecule is O=C(NCc1ccccc1F)C1COCCN(C(=O)c2cn[nH]c2C2CCCCC2)C1. The largest absolute Gasteiger partial charge is 0.379 e. The molecule has 31 heavy (non-hydrogen) atoms. The maximum absolute atomic E-state index is 13.8. The Morgan fingerprint density at radius 3 is 2.84 bits per heavy atom. The molecule has 0 radical (unpaired) electrons. The fraction of sp³-hybridized carbons (Fsp3) is 0.522. The number of hydrogen-bond acceptors (Lipinski definition) is 4. The summed E-state index contributed by atoms with van der Waals surface area (Å²) < 4.78 is 19.4. The van der Waals surface area contributed by atoms with Crippen molar-refractivity contribution < 1.29 is 18.7 Å². The van der Waals surface area contributed by atoms with Gasteiger partial charge in [0, 0.05) is 31.1 Å². The standard InChI is InChI=1S/C23H29FN4O3/c24-20-9-5-4-8-17(20)12-25-22(29)18-14-28(10-11-31-15-18)23(30)19-13-26-27-21(19)16-6-2-1-3-7-16/h4-5,8-9,13,16,18H,1-3,6-7,10-12,14-15H2,(H,25,29)(H,26,27). The number of hydrogen-bond donors (Lipinski definition) is 2. The van der Waals surface area contributed by atoms with E-state index in [9.17, 15) is 14.0 Å². The van der Waals surface area contributed by atoms with Crippen LogP contribution in [0.1, 0.15) is 59.6 Å². The van der Waals surface area contributed by atoms with Gasteiger partial charge in [0.1, 0.15) is 5.82 Å². The van der Waals surface area contributed by atoms with E-state index >= 15 is 0 Å². The first kappa shape index (κ1) is 21.5. The molecule has 2 fully saturated rings. The molecule has 4 rings (SSSR count). The highest BCUT2D eigenvalue weighted by Crippen LogP contribution is 2.33. The van der Waals surface area contributed by atoms with E-state index in [1.54, 1.807) is 29.3 Å². The van der Waals surface area contributed by atoms with Gasteiger partial charge in [-0.15, -0.1) is 0 Å². The highest BCUT2D eigenvalue weighted by Gasteiger charge is 2.31. The number of halogens is 1. The van der Waals surface area contributed by atoms with Crippen LogP contribution in [0.15, 0.2) is 30.5 Å². The Labute approximate surface area is 181 Å². The van der Waals surface area contributed by atoms with Gasteiger partial charge in [-0.25, -0.2) is 4.39 Å². The molecule has 1 aliphatic carbocycles. The second kappa shape index (κ2) is 10.0. The molecule has 1 aromatic carbocycles. The number of nitrogens with zero attached hydrogens (tertiary/aromatic N) is 2. The summed E-state index contributed by atoms with van der Waals surface area (Å²) in [7, 11) is 0. The number of benzene rings is 1. The quantitative estimate of drug-likeness (QED) is 0.767. The van der Waals surface area contributed by atoms with Crippen molar-refractivity contribution in [2.45, 2.75) is 44.6 Å². The lowest BCUT2D eigenvalue weighted by Crippen LogP contribution is -2.42. The molecule has 2 heterocycles. The molecule has 1 saturated carbocycles. The van der Waals surface area contributed by atoms with Crippen LogP contribution in [-0.2, 0) is 16.1 Å². The number of H-pyrrole nitrogens is 1. The number of ether oxygens (including phenoxy) is 1. The Hall–Kier alpha value is -2.74. The molecule has 2 N–H and O–H groups in total. The maximum Gasteiger partial charge on any atom is 0.257 e. The predicted molar refractivity (Wildman–Crippen MR) is 113 cm³/mol. The van der Waals surface area contributed by atoms with E-state index in [0.29, 0.717) is 30.2 Å². The lowest BCUT2D eigenvalue weighted by Gasteiger charge is -2.25. The van der Waals surface area contributed by atoms with Crippen LogP contribution < -0.4 is 5.32 Å². The molecule has 1 aromatic heterocycles. The predicted octanol–water partition coefficient (Wildman–Crippen LogP) is 3.00. The van der Waals surface area contributed by atoms with Crippen LogP contribution in [0, 0.1) is 11.7 Å². The first-order valence-corrected chi connectivity index (χ1v) is 11.0. The van der Waals surface area contributed by atoms with Crippen LogP contribution in [0.4, 0.5) is 4.39 Å². The van der Waals surface area contributed by atoms with E-state index in [-0.39, 0.29) is 37.3 Å². The monoisotopic (exact) mass is 428 g/mol. The summed E-state index contributed by atoms with van der Waals surface area (Å²) in [6, 6.07) is 6.35. The Morgan fingerprint density at radius 1 is 1.23 bits per heavy atom. The Bertz CT molecular complexity index is 910. The van der Waals surface area contributed by atoms with Gasteiger partial charge < -0.3 is 15.0 Å². The van der Waals surface area contributed by atoms with Crippen LogP contribution >= 0.6 is 0 Å². The molecule has 1 saturated heterocycles. The molecule has 166 valence electrons. The third-order valence-electron chi connectivity index (χ3n) is 6.25. The first-order valence-electron chi connectivity index (χ1n) is 11.0. The zero-order chi connectivity index (χ0) is 21.6. The van der Waals surface area contributed by atoms with Gasteiger partial charge in [-0.2, -0.15) is 5.10 Å². The van der Waals surface area contributed by atoms with Gasteiger partial charge in [0.05, 0.1) is 36.6 Å². The number of carbonyl (C=O) groups excluding carboxylic acids is 2. The van der Waals surface area contributed by atoms with Crippen molar-refractivity contribution in [3.8, 4) is 0 Å². The highest BCUT2D eigenvalue weighted by atomic mass is 19.1. The van der Waals surface area contributed by atoms with E-state index in [2.05, 4.69) is 15.5 Å². The minimum Gasteiger partial charge on any atom is -0.379 e. The molecule has 2 amide bonds. The molecule has 8 heteroatoms. The van der Waals surface area contributed by atoms with Crippen molar-refractivity contribution in [2.75, 3.05) is 26.3 Å². The van der Waals surface area contributed by atoms with Gasteiger partial charge in [0.25, 0.3) is 5.91 Å². The van der Waals surface area contributed by atoms with E-state index in [4.69, 9.17) is 4.74 Å². The summed E-state index contributed by atoms with van der Waals surface area (Å²) in [5, 5.41) is 9.97. The van der Waals surface area contributed by atoms with Crippen molar-refractivity contribution >= 4 is 11.8 Å². The van der Waals surface area contributed by atoms with Gasteiger partial charge in [-0.3, -0.25) is 14.7 Å². The average molecular weight is 429 g/mol. The molecule has 0 bridgehead atoms. The van der Waals surface area contributed by atoms with E-state index in [1.807, 2.05) is 0 Å². The Morgan fingerprint density at radius 2 is 2.03 bits per heavy atom. The number of aromatic nitrogens is 2. The van der Waals surface area contributed by atoms with Gasteiger partial charge in [-0.1, -0.05) is 37.5 Å². The molecule has 7 nitrogen and oxygen atoms in total. The van der Waals surface area contributed by atoms with Crippen molar-refractivity contribution in [1.82, 2.24) is 20.4 Å². The van der Waals surface area contributed by atoms with Crippen LogP contribution in [0.3, 0.4) is 0 Å². The Kier molecular flexibility index (Phi) is 6.96. The molecule has 0 spiro atoms. The summed E-state index contributed by atoms with van der Waals surface area (Å²) in [5.41, 5.74) is 1.93. The third-order valence-corrected chi connectivity index (χ3v) is 6.25. The Balaban J connectivity index is 1.41. The average Bonchev–Trinajstić information content (AvgIpc) is 3.16. The highest BCUT2D eigenvalue weighted by molar-refractivity contribution is 5.95. The lowest BCUT2D eigenvalue weighted by atomic mass is 9.85. The topological polar surface area (TPSA) is 87.3 Å². The molecule has 1 unspecified atom stereocenters. The molecule has 1 atom stereocenters. The van der Waals surface area contributed by atoms with E-state index in [1.165, 1.54) is 25.3 Å². The van der Waals surface area contributed by atoms with Crippen LogP contribution in [0.5, 0.6) is 0 Å². The summed E-state index contributed by atoms with van der Waals surface area (Å²) in [4.78, 5) is 27.7. The molecule has 2 aromatic rings. The number of rotatable bonds is 5. The summed E-state index contributed by atoms with van der Waals surface area (Å²) in [6.45, 7) is 1.39. The van der Waals surface area contributed by atoms with Crippen LogP contribution in [0.2, 0.25) is 0 Å². The van der Waals surface area contributed by atoms with Gasteiger partial charge in [0.2, 0.25) is 5.91 Å². The number of aromatic amines is 1. The normalized spacial score (nSPS) is 20.3. The second-order valence-electron chi connectivity index (χ2n) is 8.36. The molecular weight excluding hydrogens is 399 g/mol. The van der Waals surface area contributed by atoms with Crippen molar-refractivity contribution in [1.29, 1.82) is 0 Å². The summed E-state index contributed by atoms with van der Waals surface area (Å²) in [6.07, 6.45) is 7.30. The summed E-state index contributed by atoms with van der Waals surface area (Å²) >= 11 is 0. The smallest absolute Gasteiger partial charge is 0.257 e. The zero-order valence-corrected chi connectivity index (χ0v) is 17.6. The van der Waals surface area contributed by atoms with Crippen molar-refractivity contribution in [3.05, 3.63) is 53.1 Å². The van der Waals surface area contributed by atoms with Gasteiger partial charge in [-0.05, 0) is 18.9 Å². The fourth-order valence-electron chi connectivity index (χ4n) is 4.46. The minimum atomic E-state index is -0.511. The van der Waals surface area contributed by atoms with Gasteiger partial charge in [0.15, 0.2) is 0 Å². The lowest BCUT2D eigenvalue weighted by molar-refractivity contribution is -0.126. The zero-order valence-electron chi connectivity index (χ0n) is 17.6. The second-order valence-corrected chi connectivity index (χ2v) is 8.36. The fourth-order valence-corrected chi connectivity index (χ4v) is 4.46. The number of carbonyl (C=O) groups is 2. The van der Waals surface area contributed by atoms with E-state index < -0.39 is 5.92 Å². The maximum atomic E-state index is 13.8. The van der Waals surface area contributed by atoms with Gasteiger partial charge >= 0.3 is 0 Å². The number of nitrogens with one attached hydrogen (secondary N) is 2. The molecule has 1 aliphatic heterocycles. The van der Waals surface area contributed by atoms with Crippen molar-refractivity contribution in [3.63, 3.8) is 0 Å². The minimum absolute atomic E-state index is 0.101. The third kappa shape index (κ3) is 5.12. The summed E-state index contributed by atoms with van der Waals surface area (Å²) in [5.74, 6) is -0.900. The van der Waals surface area contributed by atoms with Crippen LogP contribution in [0.25, 0.3) is 0 Å². The van der Waals surface area contributed by atoms with Crippen LogP contribution in [-0.4, -0.2) is 53.2 Å². The number of amides is 2. The molecule has 2 aliphatic rings. The first-order chi connectivity index (χ1) is 15.1.